The summed E-state index contributed by atoms with van der Waals surface area (Å²) in [5.74, 6) is 1.35. The van der Waals surface area contributed by atoms with Gasteiger partial charge in [0.25, 0.3) is 0 Å². The zero-order valence-corrected chi connectivity index (χ0v) is 11.9. The van der Waals surface area contributed by atoms with E-state index in [0.29, 0.717) is 18.1 Å². The number of rotatable bonds is 6. The van der Waals surface area contributed by atoms with E-state index in [0.717, 1.165) is 12.0 Å². The van der Waals surface area contributed by atoms with Crippen LogP contribution in [-0.2, 0) is 6.42 Å². The van der Waals surface area contributed by atoms with Crippen LogP contribution < -0.4 is 9.47 Å². The second kappa shape index (κ2) is 6.96. The Kier molecular flexibility index (Phi) is 5.02. The molecule has 0 fully saturated rings. The molecule has 0 unspecified atom stereocenters. The minimum absolute atomic E-state index is 0.512. The number of aliphatic hydroxyl groups is 1. The van der Waals surface area contributed by atoms with Crippen LogP contribution in [-0.4, -0.2) is 18.8 Å². The van der Waals surface area contributed by atoms with Crippen molar-refractivity contribution in [1.29, 1.82) is 0 Å². The lowest BCUT2D eigenvalue weighted by Gasteiger charge is -2.13. The third-order valence-corrected chi connectivity index (χ3v) is 3.16. The fourth-order valence-electron chi connectivity index (χ4n) is 1.99. The van der Waals surface area contributed by atoms with Gasteiger partial charge in [0.15, 0.2) is 11.5 Å². The number of methoxy groups -OCH3 is 1. The minimum atomic E-state index is -0.512. The van der Waals surface area contributed by atoms with Crippen molar-refractivity contribution in [2.75, 3.05) is 13.7 Å². The Hall–Kier alpha value is -2.00. The van der Waals surface area contributed by atoms with Crippen LogP contribution in [0.3, 0.4) is 0 Å². The fraction of sp³-hybridized carbons (Fsp3) is 0.294. The molecule has 0 heterocycles. The van der Waals surface area contributed by atoms with E-state index < -0.39 is 6.10 Å². The van der Waals surface area contributed by atoms with Crippen LogP contribution in [0.2, 0.25) is 0 Å². The van der Waals surface area contributed by atoms with E-state index in [-0.39, 0.29) is 0 Å². The quantitative estimate of drug-likeness (QED) is 0.876. The van der Waals surface area contributed by atoms with Crippen LogP contribution in [0.4, 0.5) is 0 Å². The molecule has 3 nitrogen and oxygen atoms in total. The van der Waals surface area contributed by atoms with Crippen molar-refractivity contribution in [2.45, 2.75) is 19.4 Å². The number of hydrogen-bond donors (Lipinski definition) is 1. The Labute approximate surface area is 119 Å². The summed E-state index contributed by atoms with van der Waals surface area (Å²) in [6.07, 6.45) is 0.338. The van der Waals surface area contributed by atoms with Crippen LogP contribution in [0.15, 0.2) is 48.5 Å². The third kappa shape index (κ3) is 3.75. The largest absolute Gasteiger partial charge is 0.493 e. The van der Waals surface area contributed by atoms with Gasteiger partial charge in [0.2, 0.25) is 0 Å². The summed E-state index contributed by atoms with van der Waals surface area (Å²) in [5, 5.41) is 9.56. The summed E-state index contributed by atoms with van der Waals surface area (Å²) in [6.45, 7) is 2.32. The zero-order valence-electron chi connectivity index (χ0n) is 11.9. The Bertz CT molecular complexity index is 535. The number of benzene rings is 2. The first-order valence-corrected chi connectivity index (χ1v) is 6.73. The highest BCUT2D eigenvalue weighted by Crippen LogP contribution is 2.30. The maximum absolute atomic E-state index is 9.56. The molecule has 0 aliphatic rings. The zero-order chi connectivity index (χ0) is 14.4. The van der Waals surface area contributed by atoms with E-state index in [1.165, 1.54) is 5.56 Å². The van der Waals surface area contributed by atoms with Crippen LogP contribution in [0.5, 0.6) is 11.5 Å². The Morgan fingerprint density at radius 1 is 1.05 bits per heavy atom. The first-order valence-electron chi connectivity index (χ1n) is 6.73. The molecule has 3 heteroatoms. The number of ether oxygens (including phenoxy) is 2. The molecule has 0 saturated carbocycles. The molecule has 0 aliphatic carbocycles. The lowest BCUT2D eigenvalue weighted by Crippen LogP contribution is -2.03. The molecule has 0 radical (unpaired) electrons. The van der Waals surface area contributed by atoms with E-state index in [2.05, 4.69) is 12.1 Å². The predicted molar refractivity (Wildman–Crippen MR) is 79.3 cm³/mol. The summed E-state index contributed by atoms with van der Waals surface area (Å²) < 4.78 is 11.1. The van der Waals surface area contributed by atoms with Gasteiger partial charge in [0.05, 0.1) is 19.8 Å². The molecule has 20 heavy (non-hydrogen) atoms. The summed E-state index contributed by atoms with van der Waals surface area (Å²) in [5.41, 5.74) is 2.06. The van der Waals surface area contributed by atoms with Gasteiger partial charge >= 0.3 is 0 Å². The van der Waals surface area contributed by atoms with Gasteiger partial charge in [-0.1, -0.05) is 36.4 Å². The topological polar surface area (TPSA) is 38.7 Å². The molecule has 1 atom stereocenters. The van der Waals surface area contributed by atoms with Gasteiger partial charge in [0, 0.05) is 6.42 Å². The second-order valence-electron chi connectivity index (χ2n) is 4.67. The standard InChI is InChI=1S/C17H20O3/c1-13(18)15-8-9-16(17(12-15)19-2)20-11-10-14-6-4-3-5-7-14/h3-9,12-13,18H,10-11H2,1-2H3/t13-/m0/s1. The second-order valence-corrected chi connectivity index (χ2v) is 4.67. The molecule has 0 aromatic heterocycles. The fourth-order valence-corrected chi connectivity index (χ4v) is 1.99. The molecular formula is C17H20O3. The third-order valence-electron chi connectivity index (χ3n) is 3.16. The smallest absolute Gasteiger partial charge is 0.161 e. The lowest BCUT2D eigenvalue weighted by molar-refractivity contribution is 0.198. The van der Waals surface area contributed by atoms with Crippen molar-refractivity contribution in [2.24, 2.45) is 0 Å². The van der Waals surface area contributed by atoms with Crippen molar-refractivity contribution >= 4 is 0 Å². The SMILES string of the molecule is COc1cc([C@H](C)O)ccc1OCCc1ccccc1. The van der Waals surface area contributed by atoms with Gasteiger partial charge in [0.1, 0.15) is 0 Å². The number of aliphatic hydroxyl groups excluding tert-OH is 1. The lowest BCUT2D eigenvalue weighted by atomic mass is 10.1. The molecule has 0 aliphatic heterocycles. The summed E-state index contributed by atoms with van der Waals surface area (Å²) in [7, 11) is 1.60. The highest BCUT2D eigenvalue weighted by Gasteiger charge is 2.08. The van der Waals surface area contributed by atoms with E-state index in [9.17, 15) is 5.11 Å². The molecule has 2 rings (SSSR count). The van der Waals surface area contributed by atoms with Gasteiger partial charge in [-0.15, -0.1) is 0 Å². The van der Waals surface area contributed by atoms with Crippen molar-refractivity contribution in [1.82, 2.24) is 0 Å². The average molecular weight is 272 g/mol. The Morgan fingerprint density at radius 2 is 1.80 bits per heavy atom. The van der Waals surface area contributed by atoms with Crippen molar-refractivity contribution in [3.05, 3.63) is 59.7 Å². The molecule has 0 bridgehead atoms. The van der Waals surface area contributed by atoms with Gasteiger partial charge in [-0.25, -0.2) is 0 Å². The minimum Gasteiger partial charge on any atom is -0.493 e. The maximum atomic E-state index is 9.56. The van der Waals surface area contributed by atoms with Crippen molar-refractivity contribution in [3.8, 4) is 11.5 Å². The highest BCUT2D eigenvalue weighted by atomic mass is 16.5. The van der Waals surface area contributed by atoms with E-state index in [1.807, 2.05) is 36.4 Å². The van der Waals surface area contributed by atoms with Gasteiger partial charge in [-0.05, 0) is 30.2 Å². The molecular weight excluding hydrogens is 252 g/mol. The molecule has 0 spiro atoms. The first-order chi connectivity index (χ1) is 9.70. The molecule has 0 amide bonds. The van der Waals surface area contributed by atoms with E-state index in [1.54, 1.807) is 14.0 Å². The van der Waals surface area contributed by atoms with Gasteiger partial charge in [-0.2, -0.15) is 0 Å². The molecule has 1 N–H and O–H groups in total. The number of hydrogen-bond acceptors (Lipinski definition) is 3. The predicted octanol–water partition coefficient (Wildman–Crippen LogP) is 3.37. The highest BCUT2D eigenvalue weighted by molar-refractivity contribution is 5.43. The van der Waals surface area contributed by atoms with Gasteiger partial charge < -0.3 is 14.6 Å². The molecule has 106 valence electrons. The average Bonchev–Trinajstić information content (AvgIpc) is 2.48. The molecule has 2 aromatic carbocycles. The van der Waals surface area contributed by atoms with Crippen LogP contribution in [0.1, 0.15) is 24.2 Å². The van der Waals surface area contributed by atoms with E-state index >= 15 is 0 Å². The first kappa shape index (κ1) is 14.4. The van der Waals surface area contributed by atoms with Crippen molar-refractivity contribution in [3.63, 3.8) is 0 Å². The molecule has 2 aromatic rings. The summed E-state index contributed by atoms with van der Waals surface area (Å²) in [4.78, 5) is 0. The summed E-state index contributed by atoms with van der Waals surface area (Å²) >= 11 is 0. The van der Waals surface area contributed by atoms with Crippen LogP contribution in [0, 0.1) is 0 Å². The van der Waals surface area contributed by atoms with Crippen LogP contribution >= 0.6 is 0 Å². The van der Waals surface area contributed by atoms with Gasteiger partial charge in [-0.3, -0.25) is 0 Å². The Morgan fingerprint density at radius 3 is 2.45 bits per heavy atom. The monoisotopic (exact) mass is 272 g/mol. The van der Waals surface area contributed by atoms with Crippen molar-refractivity contribution < 1.29 is 14.6 Å². The van der Waals surface area contributed by atoms with Crippen LogP contribution in [0.25, 0.3) is 0 Å². The van der Waals surface area contributed by atoms with E-state index in [4.69, 9.17) is 9.47 Å². The molecule has 0 saturated heterocycles. The summed E-state index contributed by atoms with van der Waals surface area (Å²) in [6, 6.07) is 15.7. The maximum Gasteiger partial charge on any atom is 0.161 e. The Balaban J connectivity index is 1.99. The normalized spacial score (nSPS) is 11.9.